The monoisotopic (exact) mass is 433 g/mol. The Morgan fingerprint density at radius 2 is 2.13 bits per heavy atom. The van der Waals surface area contributed by atoms with E-state index >= 15 is 0 Å². The van der Waals surface area contributed by atoms with Gasteiger partial charge in [-0.2, -0.15) is 0 Å². The van der Waals surface area contributed by atoms with Gasteiger partial charge in [0.2, 0.25) is 0 Å². The molecule has 2 fully saturated rings. The lowest BCUT2D eigenvalue weighted by Gasteiger charge is -2.25. The molecule has 0 spiro atoms. The average molecular weight is 434 g/mol. The van der Waals surface area contributed by atoms with E-state index in [1.54, 1.807) is 6.08 Å². The normalized spacial score (nSPS) is 20.5. The molecule has 2 aliphatic heterocycles. The molecule has 0 bridgehead atoms. The first kappa shape index (κ1) is 22.0. The molecule has 2 N–H and O–H groups in total. The first-order valence-electron chi connectivity index (χ1n) is 9.91. The second-order valence-electron chi connectivity index (χ2n) is 8.06. The van der Waals surface area contributed by atoms with E-state index in [9.17, 15) is 14.4 Å². The summed E-state index contributed by atoms with van der Waals surface area (Å²) in [6.07, 6.45) is 2.02. The van der Waals surface area contributed by atoms with E-state index in [0.29, 0.717) is 30.4 Å². The van der Waals surface area contributed by atoms with Gasteiger partial charge in [0.25, 0.3) is 11.1 Å². The molecule has 2 heterocycles. The summed E-state index contributed by atoms with van der Waals surface area (Å²) in [4.78, 5) is 38.1. The van der Waals surface area contributed by atoms with E-state index in [-0.39, 0.29) is 11.3 Å². The highest BCUT2D eigenvalue weighted by atomic mass is 32.2. The van der Waals surface area contributed by atoms with Crippen molar-refractivity contribution >= 4 is 40.8 Å². The molecule has 1 atom stereocenters. The second-order valence-corrected chi connectivity index (χ2v) is 9.07. The average Bonchev–Trinajstić information content (AvgIpc) is 3.20. The molecule has 0 unspecified atom stereocenters. The number of nitrogens with one attached hydrogen (secondary N) is 2. The molecular weight excluding hydrogens is 406 g/mol. The van der Waals surface area contributed by atoms with Crippen LogP contribution in [0.3, 0.4) is 0 Å². The van der Waals surface area contributed by atoms with E-state index in [1.807, 2.05) is 45.9 Å². The van der Waals surface area contributed by atoms with Gasteiger partial charge in [-0.05, 0) is 58.0 Å². The Labute approximate surface area is 180 Å². The van der Waals surface area contributed by atoms with Crippen molar-refractivity contribution in [1.82, 2.24) is 10.6 Å². The van der Waals surface area contributed by atoms with Crippen molar-refractivity contribution in [2.75, 3.05) is 24.6 Å². The molecule has 0 aliphatic carbocycles. The van der Waals surface area contributed by atoms with Gasteiger partial charge >= 0.3 is 6.09 Å². The highest BCUT2D eigenvalue weighted by Crippen LogP contribution is 2.37. The Hall–Kier alpha value is -2.68. The van der Waals surface area contributed by atoms with Crippen LogP contribution in [0.1, 0.15) is 39.7 Å². The molecule has 8 nitrogen and oxygen atoms in total. The number of nitrogens with zero attached hydrogens (tertiary/aromatic N) is 1. The summed E-state index contributed by atoms with van der Waals surface area (Å²) in [5.74, 6) is 0.295. The minimum Gasteiger partial charge on any atom is -0.492 e. The van der Waals surface area contributed by atoms with Gasteiger partial charge in [-0.3, -0.25) is 14.9 Å². The maximum atomic E-state index is 12.1. The number of ether oxygens (including phenoxy) is 2. The predicted molar refractivity (Wildman–Crippen MR) is 117 cm³/mol. The fourth-order valence-electron chi connectivity index (χ4n) is 3.38. The van der Waals surface area contributed by atoms with Crippen molar-refractivity contribution in [2.45, 2.75) is 45.8 Å². The Morgan fingerprint density at radius 1 is 1.37 bits per heavy atom. The second kappa shape index (κ2) is 8.99. The molecule has 3 rings (SSSR count). The third-order valence-corrected chi connectivity index (χ3v) is 5.29. The quantitative estimate of drug-likeness (QED) is 0.686. The van der Waals surface area contributed by atoms with Crippen LogP contribution in [0.2, 0.25) is 0 Å². The molecule has 9 heteroatoms. The van der Waals surface area contributed by atoms with E-state index in [1.165, 1.54) is 0 Å². The molecule has 0 aromatic heterocycles. The molecule has 0 saturated carbocycles. The van der Waals surface area contributed by atoms with Crippen LogP contribution in [0.5, 0.6) is 5.75 Å². The Kier molecular flexibility index (Phi) is 6.60. The number of rotatable bonds is 5. The molecule has 2 aliphatic rings. The highest BCUT2D eigenvalue weighted by Gasteiger charge is 2.30. The standard InChI is InChI=1S/C21H27N3O5S/c1-5-28-15-8-6-7-13(11-16-18(25)23-20(27)30-16)17(15)24-10-9-14(12-24)22-19(26)29-21(2,3)4/h6-8,11,14H,5,9-10,12H2,1-4H3,(H,22,26)(H,23,25,27)/t14-/m0/s1. The van der Waals surface area contributed by atoms with Gasteiger partial charge in [-0.15, -0.1) is 0 Å². The fourth-order valence-corrected chi connectivity index (χ4v) is 4.06. The maximum Gasteiger partial charge on any atom is 0.407 e. The van der Waals surface area contributed by atoms with E-state index in [2.05, 4.69) is 15.5 Å². The minimum atomic E-state index is -0.555. The number of para-hydroxylation sites is 1. The van der Waals surface area contributed by atoms with Crippen LogP contribution >= 0.6 is 11.8 Å². The zero-order valence-corrected chi connectivity index (χ0v) is 18.4. The van der Waals surface area contributed by atoms with Gasteiger partial charge in [-0.1, -0.05) is 12.1 Å². The van der Waals surface area contributed by atoms with Crippen molar-refractivity contribution in [3.8, 4) is 5.75 Å². The van der Waals surface area contributed by atoms with Crippen LogP contribution in [0.15, 0.2) is 23.1 Å². The fraction of sp³-hybridized carbons (Fsp3) is 0.476. The van der Waals surface area contributed by atoms with Crippen LogP contribution in [-0.4, -0.2) is 48.6 Å². The zero-order valence-electron chi connectivity index (χ0n) is 17.6. The van der Waals surface area contributed by atoms with E-state index in [0.717, 1.165) is 29.4 Å². The first-order valence-corrected chi connectivity index (χ1v) is 10.7. The van der Waals surface area contributed by atoms with Crippen LogP contribution in [0.25, 0.3) is 6.08 Å². The van der Waals surface area contributed by atoms with Crippen LogP contribution in [-0.2, 0) is 9.53 Å². The van der Waals surface area contributed by atoms with Gasteiger partial charge < -0.3 is 19.7 Å². The number of alkyl carbamates (subject to hydrolysis) is 1. The lowest BCUT2D eigenvalue weighted by Crippen LogP contribution is -2.40. The summed E-state index contributed by atoms with van der Waals surface area (Å²) in [5, 5.41) is 4.82. The molecule has 30 heavy (non-hydrogen) atoms. The summed E-state index contributed by atoms with van der Waals surface area (Å²) in [6.45, 7) is 9.17. The topological polar surface area (TPSA) is 97.0 Å². The molecule has 2 saturated heterocycles. The van der Waals surface area contributed by atoms with Gasteiger partial charge in [0.15, 0.2) is 0 Å². The number of hydrogen-bond donors (Lipinski definition) is 2. The Morgan fingerprint density at radius 3 is 2.77 bits per heavy atom. The SMILES string of the molecule is CCOc1cccc(C=C2SC(=O)NC2=O)c1N1CC[C@H](NC(=O)OC(C)(C)C)C1. The minimum absolute atomic E-state index is 0.0687. The van der Waals surface area contributed by atoms with Crippen molar-refractivity contribution < 1.29 is 23.9 Å². The summed E-state index contributed by atoms with van der Waals surface area (Å²) < 4.78 is 11.2. The number of carbonyl (C=O) groups is 3. The Balaban J connectivity index is 1.82. The molecular formula is C21H27N3O5S. The number of amides is 3. The summed E-state index contributed by atoms with van der Waals surface area (Å²) in [6, 6.07) is 5.55. The maximum absolute atomic E-state index is 12.1. The van der Waals surface area contributed by atoms with Gasteiger partial charge in [-0.25, -0.2) is 4.79 Å². The number of anilines is 1. The van der Waals surface area contributed by atoms with Gasteiger partial charge in [0, 0.05) is 18.7 Å². The summed E-state index contributed by atoms with van der Waals surface area (Å²) >= 11 is 0.882. The number of hydrogen-bond acceptors (Lipinski definition) is 7. The number of benzene rings is 1. The largest absolute Gasteiger partial charge is 0.492 e. The number of carbonyl (C=O) groups excluding carboxylic acids is 3. The smallest absolute Gasteiger partial charge is 0.407 e. The summed E-state index contributed by atoms with van der Waals surface area (Å²) in [7, 11) is 0. The van der Waals surface area contributed by atoms with E-state index < -0.39 is 17.6 Å². The lowest BCUT2D eigenvalue weighted by atomic mass is 10.1. The van der Waals surface area contributed by atoms with Crippen LogP contribution in [0, 0.1) is 0 Å². The zero-order chi connectivity index (χ0) is 21.9. The number of imide groups is 1. The third-order valence-electron chi connectivity index (χ3n) is 4.48. The Bertz CT molecular complexity index is 878. The van der Waals surface area contributed by atoms with Gasteiger partial charge in [0.05, 0.1) is 23.2 Å². The predicted octanol–water partition coefficient (Wildman–Crippen LogP) is 3.51. The number of thioether (sulfide) groups is 1. The first-order chi connectivity index (χ1) is 14.2. The third kappa shape index (κ3) is 5.47. The van der Waals surface area contributed by atoms with Crippen LogP contribution in [0.4, 0.5) is 15.3 Å². The van der Waals surface area contributed by atoms with Crippen molar-refractivity contribution in [3.63, 3.8) is 0 Å². The molecule has 3 amide bonds. The molecule has 0 radical (unpaired) electrons. The highest BCUT2D eigenvalue weighted by molar-refractivity contribution is 8.18. The van der Waals surface area contributed by atoms with Crippen LogP contribution < -0.4 is 20.3 Å². The summed E-state index contributed by atoms with van der Waals surface area (Å²) in [5.41, 5.74) is 1.07. The lowest BCUT2D eigenvalue weighted by molar-refractivity contribution is -0.115. The van der Waals surface area contributed by atoms with Crippen molar-refractivity contribution in [3.05, 3.63) is 28.7 Å². The molecule has 162 valence electrons. The molecule has 1 aromatic carbocycles. The van der Waals surface area contributed by atoms with Crippen molar-refractivity contribution in [1.29, 1.82) is 0 Å². The van der Waals surface area contributed by atoms with Gasteiger partial charge in [0.1, 0.15) is 11.4 Å². The van der Waals surface area contributed by atoms with E-state index in [4.69, 9.17) is 9.47 Å². The molecule has 1 aromatic rings. The van der Waals surface area contributed by atoms with Crippen molar-refractivity contribution in [2.24, 2.45) is 0 Å².